The SMILES string of the molecule is CNC1CCCCC1N1CCC(C)(C)CC1. The lowest BCUT2D eigenvalue weighted by atomic mass is 9.80. The Morgan fingerprint density at radius 2 is 1.69 bits per heavy atom. The number of likely N-dealkylation sites (tertiary alicyclic amines) is 1. The molecule has 2 fully saturated rings. The minimum atomic E-state index is 0.584. The van der Waals surface area contributed by atoms with E-state index >= 15 is 0 Å². The maximum Gasteiger partial charge on any atom is 0.0249 e. The van der Waals surface area contributed by atoms with Crippen molar-refractivity contribution >= 4 is 0 Å². The molecule has 1 heterocycles. The van der Waals surface area contributed by atoms with Gasteiger partial charge in [-0.15, -0.1) is 0 Å². The van der Waals surface area contributed by atoms with Gasteiger partial charge in [0.1, 0.15) is 0 Å². The first-order valence-electron chi connectivity index (χ1n) is 7.04. The highest BCUT2D eigenvalue weighted by Gasteiger charge is 2.33. The summed E-state index contributed by atoms with van der Waals surface area (Å²) in [5, 5.41) is 3.53. The van der Waals surface area contributed by atoms with Gasteiger partial charge in [-0.1, -0.05) is 26.7 Å². The summed E-state index contributed by atoms with van der Waals surface area (Å²) in [6.07, 6.45) is 8.39. The number of hydrogen-bond donors (Lipinski definition) is 1. The minimum Gasteiger partial charge on any atom is -0.315 e. The molecule has 2 unspecified atom stereocenters. The van der Waals surface area contributed by atoms with Gasteiger partial charge in [0, 0.05) is 12.1 Å². The van der Waals surface area contributed by atoms with Crippen LogP contribution in [0.4, 0.5) is 0 Å². The highest BCUT2D eigenvalue weighted by molar-refractivity contribution is 4.90. The summed E-state index contributed by atoms with van der Waals surface area (Å²) in [5.74, 6) is 0. The zero-order valence-electron chi connectivity index (χ0n) is 11.3. The summed E-state index contributed by atoms with van der Waals surface area (Å²) in [7, 11) is 2.14. The van der Waals surface area contributed by atoms with E-state index in [-0.39, 0.29) is 0 Å². The van der Waals surface area contributed by atoms with Crippen LogP contribution < -0.4 is 5.32 Å². The lowest BCUT2D eigenvalue weighted by Crippen LogP contribution is -2.53. The molecule has 0 aromatic heterocycles. The van der Waals surface area contributed by atoms with Crippen molar-refractivity contribution in [3.05, 3.63) is 0 Å². The van der Waals surface area contributed by atoms with E-state index in [2.05, 4.69) is 31.1 Å². The van der Waals surface area contributed by atoms with Crippen molar-refractivity contribution in [2.75, 3.05) is 20.1 Å². The Balaban J connectivity index is 1.91. The molecular formula is C14H28N2. The Morgan fingerprint density at radius 3 is 2.31 bits per heavy atom. The molecule has 2 rings (SSSR count). The number of likely N-dealkylation sites (N-methyl/N-ethyl adjacent to an activating group) is 1. The van der Waals surface area contributed by atoms with Crippen LogP contribution in [-0.4, -0.2) is 37.1 Å². The second-order valence-corrected chi connectivity index (χ2v) is 6.45. The standard InChI is InChI=1S/C14H28N2/c1-14(2)8-10-16(11-9-14)13-7-5-4-6-12(13)15-3/h12-13,15H,4-11H2,1-3H3. The van der Waals surface area contributed by atoms with Crippen LogP contribution in [0.25, 0.3) is 0 Å². The van der Waals surface area contributed by atoms with E-state index in [4.69, 9.17) is 0 Å². The van der Waals surface area contributed by atoms with Crippen LogP contribution in [0.1, 0.15) is 52.4 Å². The van der Waals surface area contributed by atoms with Gasteiger partial charge in [-0.05, 0) is 51.2 Å². The van der Waals surface area contributed by atoms with E-state index in [1.54, 1.807) is 0 Å². The molecule has 2 atom stereocenters. The largest absolute Gasteiger partial charge is 0.315 e. The molecule has 0 spiro atoms. The lowest BCUT2D eigenvalue weighted by Gasteiger charge is -2.45. The molecule has 0 aromatic rings. The topological polar surface area (TPSA) is 15.3 Å². The van der Waals surface area contributed by atoms with Crippen LogP contribution in [0, 0.1) is 5.41 Å². The van der Waals surface area contributed by atoms with Gasteiger partial charge in [0.05, 0.1) is 0 Å². The fraction of sp³-hybridized carbons (Fsp3) is 1.00. The number of rotatable bonds is 2. The summed E-state index contributed by atoms with van der Waals surface area (Å²) in [6, 6.07) is 1.56. The Kier molecular flexibility index (Phi) is 3.91. The van der Waals surface area contributed by atoms with Crippen LogP contribution >= 0.6 is 0 Å². The summed E-state index contributed by atoms with van der Waals surface area (Å²) < 4.78 is 0. The maximum absolute atomic E-state index is 3.53. The molecule has 1 saturated carbocycles. The molecule has 16 heavy (non-hydrogen) atoms. The molecule has 0 amide bonds. The maximum atomic E-state index is 3.53. The molecule has 0 bridgehead atoms. The van der Waals surface area contributed by atoms with Gasteiger partial charge in [0.25, 0.3) is 0 Å². The summed E-state index contributed by atoms with van der Waals surface area (Å²) in [5.41, 5.74) is 0.584. The summed E-state index contributed by atoms with van der Waals surface area (Å²) in [4.78, 5) is 2.76. The number of hydrogen-bond acceptors (Lipinski definition) is 2. The molecule has 0 radical (unpaired) electrons. The average molecular weight is 224 g/mol. The normalized spacial score (nSPS) is 36.2. The zero-order valence-corrected chi connectivity index (χ0v) is 11.3. The fourth-order valence-electron chi connectivity index (χ4n) is 3.35. The molecule has 1 saturated heterocycles. The quantitative estimate of drug-likeness (QED) is 0.776. The molecule has 94 valence electrons. The highest BCUT2D eigenvalue weighted by Crippen LogP contribution is 2.33. The van der Waals surface area contributed by atoms with Crippen LogP contribution in [0.15, 0.2) is 0 Å². The predicted octanol–water partition coefficient (Wildman–Crippen LogP) is 2.64. The van der Waals surface area contributed by atoms with Crippen molar-refractivity contribution in [1.82, 2.24) is 10.2 Å². The van der Waals surface area contributed by atoms with Crippen molar-refractivity contribution in [1.29, 1.82) is 0 Å². The van der Waals surface area contributed by atoms with E-state index in [9.17, 15) is 0 Å². The second kappa shape index (κ2) is 5.05. The lowest BCUT2D eigenvalue weighted by molar-refractivity contribution is 0.0601. The monoisotopic (exact) mass is 224 g/mol. The minimum absolute atomic E-state index is 0.584. The van der Waals surface area contributed by atoms with Crippen LogP contribution in [0.2, 0.25) is 0 Å². The van der Waals surface area contributed by atoms with E-state index in [0.717, 1.165) is 12.1 Å². The van der Waals surface area contributed by atoms with Crippen LogP contribution in [0.3, 0.4) is 0 Å². The van der Waals surface area contributed by atoms with E-state index < -0.39 is 0 Å². The third-order valence-electron chi connectivity index (χ3n) is 4.72. The Labute approximate surface area is 101 Å². The third kappa shape index (κ3) is 2.78. The van der Waals surface area contributed by atoms with Gasteiger partial charge in [0.15, 0.2) is 0 Å². The molecule has 1 aliphatic carbocycles. The number of piperidine rings is 1. The molecule has 1 aliphatic heterocycles. The van der Waals surface area contributed by atoms with E-state index in [1.807, 2.05) is 0 Å². The van der Waals surface area contributed by atoms with Crippen LogP contribution in [0.5, 0.6) is 0 Å². The second-order valence-electron chi connectivity index (χ2n) is 6.45. The van der Waals surface area contributed by atoms with Crippen molar-refractivity contribution in [2.45, 2.75) is 64.5 Å². The summed E-state index contributed by atoms with van der Waals surface area (Å²) >= 11 is 0. The average Bonchev–Trinajstić information content (AvgIpc) is 2.29. The van der Waals surface area contributed by atoms with Crippen molar-refractivity contribution in [2.24, 2.45) is 5.41 Å². The zero-order chi connectivity index (χ0) is 11.6. The smallest absolute Gasteiger partial charge is 0.0249 e. The molecule has 1 N–H and O–H groups in total. The first-order valence-corrected chi connectivity index (χ1v) is 7.04. The molecule has 2 heteroatoms. The Morgan fingerprint density at radius 1 is 1.06 bits per heavy atom. The predicted molar refractivity (Wildman–Crippen MR) is 69.7 cm³/mol. The van der Waals surface area contributed by atoms with Crippen molar-refractivity contribution < 1.29 is 0 Å². The van der Waals surface area contributed by atoms with Crippen molar-refractivity contribution in [3.8, 4) is 0 Å². The Bertz CT molecular complexity index is 215. The van der Waals surface area contributed by atoms with Crippen molar-refractivity contribution in [3.63, 3.8) is 0 Å². The van der Waals surface area contributed by atoms with Gasteiger partial charge in [-0.25, -0.2) is 0 Å². The third-order valence-corrected chi connectivity index (χ3v) is 4.72. The summed E-state index contributed by atoms with van der Waals surface area (Å²) in [6.45, 7) is 7.47. The first kappa shape index (κ1) is 12.4. The molecule has 2 aliphatic rings. The number of nitrogens with one attached hydrogen (secondary N) is 1. The van der Waals surface area contributed by atoms with Gasteiger partial charge in [-0.3, -0.25) is 4.90 Å². The van der Waals surface area contributed by atoms with Gasteiger partial charge in [-0.2, -0.15) is 0 Å². The van der Waals surface area contributed by atoms with E-state index in [0.29, 0.717) is 5.41 Å². The Hall–Kier alpha value is -0.0800. The fourth-order valence-corrected chi connectivity index (χ4v) is 3.35. The van der Waals surface area contributed by atoms with Crippen LogP contribution in [-0.2, 0) is 0 Å². The number of nitrogens with zero attached hydrogens (tertiary/aromatic N) is 1. The highest BCUT2D eigenvalue weighted by atomic mass is 15.2. The first-order chi connectivity index (χ1) is 7.62. The van der Waals surface area contributed by atoms with Gasteiger partial charge < -0.3 is 5.32 Å². The van der Waals surface area contributed by atoms with Gasteiger partial charge >= 0.3 is 0 Å². The molecular weight excluding hydrogens is 196 g/mol. The molecule has 0 aromatic carbocycles. The van der Waals surface area contributed by atoms with Gasteiger partial charge in [0.2, 0.25) is 0 Å². The molecule has 2 nitrogen and oxygen atoms in total. The van der Waals surface area contributed by atoms with E-state index in [1.165, 1.54) is 51.6 Å².